The quantitative estimate of drug-likeness (QED) is 0.362. The summed E-state index contributed by atoms with van der Waals surface area (Å²) in [6, 6.07) is 18.4. The number of nitrogens with zero attached hydrogens (tertiary/aromatic N) is 1. The van der Waals surface area contributed by atoms with Crippen molar-refractivity contribution in [3.05, 3.63) is 65.7 Å². The van der Waals surface area contributed by atoms with Crippen LogP contribution in [-0.4, -0.2) is 31.5 Å². The minimum absolute atomic E-state index is 0.0526. The fraction of sp³-hybridized carbons (Fsp3) is 0.364. The highest BCUT2D eigenvalue weighted by Crippen LogP contribution is 2.09. The van der Waals surface area contributed by atoms with E-state index in [0.29, 0.717) is 0 Å². The number of carbonyl (C=O) groups is 1. The van der Waals surface area contributed by atoms with Crippen molar-refractivity contribution < 1.29 is 4.79 Å². The summed E-state index contributed by atoms with van der Waals surface area (Å²) < 4.78 is 0. The maximum Gasteiger partial charge on any atom is 0.221 e. The molecule has 0 radical (unpaired) electrons. The molecular formula is C22H30N4O. The molecule has 0 saturated heterocycles. The first-order valence-corrected chi connectivity index (χ1v) is 9.60. The van der Waals surface area contributed by atoms with Gasteiger partial charge in [0.05, 0.1) is 0 Å². The van der Waals surface area contributed by atoms with E-state index >= 15 is 0 Å². The molecule has 5 nitrogen and oxygen atoms in total. The van der Waals surface area contributed by atoms with E-state index in [4.69, 9.17) is 0 Å². The molecule has 0 atom stereocenters. The van der Waals surface area contributed by atoms with Crippen LogP contribution < -0.4 is 16.0 Å². The third-order valence-electron chi connectivity index (χ3n) is 4.06. The first-order valence-electron chi connectivity index (χ1n) is 9.60. The second kappa shape index (κ2) is 11.7. The van der Waals surface area contributed by atoms with Crippen molar-refractivity contribution in [1.29, 1.82) is 0 Å². The van der Waals surface area contributed by atoms with Gasteiger partial charge in [-0.2, -0.15) is 0 Å². The Labute approximate surface area is 162 Å². The molecule has 0 saturated carbocycles. The number of anilines is 1. The number of carbonyl (C=O) groups excluding carboxylic acids is 1. The van der Waals surface area contributed by atoms with Gasteiger partial charge in [0.2, 0.25) is 5.91 Å². The van der Waals surface area contributed by atoms with E-state index in [1.54, 1.807) is 0 Å². The zero-order valence-corrected chi connectivity index (χ0v) is 16.3. The number of amides is 1. The lowest BCUT2D eigenvalue weighted by Crippen LogP contribution is -2.38. The Morgan fingerprint density at radius 2 is 1.63 bits per heavy atom. The van der Waals surface area contributed by atoms with Crippen LogP contribution in [0.15, 0.2) is 59.6 Å². The number of aliphatic imine (C=N–C) groups is 1. The van der Waals surface area contributed by atoms with Gasteiger partial charge in [-0.15, -0.1) is 0 Å². The molecule has 0 heterocycles. The average Bonchev–Trinajstić information content (AvgIpc) is 2.67. The van der Waals surface area contributed by atoms with Crippen molar-refractivity contribution in [2.45, 2.75) is 33.1 Å². The molecule has 0 aliphatic carbocycles. The molecule has 0 aromatic heterocycles. The molecule has 0 unspecified atom stereocenters. The number of hydrogen-bond donors (Lipinski definition) is 3. The largest absolute Gasteiger partial charge is 0.357 e. The van der Waals surface area contributed by atoms with Crippen molar-refractivity contribution in [2.75, 3.05) is 25.0 Å². The number of guanidine groups is 1. The Hall–Kier alpha value is -2.82. The Balaban J connectivity index is 1.73. The van der Waals surface area contributed by atoms with Gasteiger partial charge in [0, 0.05) is 32.2 Å². The average molecular weight is 367 g/mol. The molecular weight excluding hydrogens is 336 g/mol. The Morgan fingerprint density at radius 3 is 2.30 bits per heavy atom. The van der Waals surface area contributed by atoms with Gasteiger partial charge in [-0.25, -0.2) is 0 Å². The molecule has 144 valence electrons. The summed E-state index contributed by atoms with van der Waals surface area (Å²) >= 11 is 0. The number of hydrogen-bond acceptors (Lipinski definition) is 2. The van der Waals surface area contributed by atoms with Gasteiger partial charge in [-0.05, 0) is 49.4 Å². The van der Waals surface area contributed by atoms with E-state index < -0.39 is 0 Å². The Bertz CT molecular complexity index is 711. The molecule has 5 heteroatoms. The predicted octanol–water partition coefficient (Wildman–Crippen LogP) is 3.38. The summed E-state index contributed by atoms with van der Waals surface area (Å²) in [6.07, 6.45) is 2.98. The van der Waals surface area contributed by atoms with Crippen LogP contribution in [0.3, 0.4) is 0 Å². The fourth-order valence-corrected chi connectivity index (χ4v) is 2.74. The second-order valence-corrected chi connectivity index (χ2v) is 6.40. The number of aryl methyl sites for hydroxylation is 1. The second-order valence-electron chi connectivity index (χ2n) is 6.40. The van der Waals surface area contributed by atoms with E-state index in [1.807, 2.05) is 30.3 Å². The van der Waals surface area contributed by atoms with Crippen molar-refractivity contribution in [2.24, 2.45) is 4.99 Å². The highest BCUT2D eigenvalue weighted by Gasteiger charge is 2.00. The van der Waals surface area contributed by atoms with Crippen LogP contribution in [0, 0.1) is 0 Å². The fourth-order valence-electron chi connectivity index (χ4n) is 2.74. The maximum atomic E-state index is 11.1. The zero-order chi connectivity index (χ0) is 19.3. The summed E-state index contributed by atoms with van der Waals surface area (Å²) in [7, 11) is 0. The van der Waals surface area contributed by atoms with Crippen LogP contribution in [-0.2, 0) is 17.6 Å². The molecule has 0 aliphatic rings. The van der Waals surface area contributed by atoms with Gasteiger partial charge < -0.3 is 16.0 Å². The van der Waals surface area contributed by atoms with Gasteiger partial charge in [-0.1, -0.05) is 42.5 Å². The van der Waals surface area contributed by atoms with Gasteiger partial charge >= 0.3 is 0 Å². The summed E-state index contributed by atoms with van der Waals surface area (Å²) in [5, 5.41) is 9.45. The van der Waals surface area contributed by atoms with Gasteiger partial charge in [0.15, 0.2) is 5.96 Å². The highest BCUT2D eigenvalue weighted by atomic mass is 16.1. The zero-order valence-electron chi connectivity index (χ0n) is 16.3. The van der Waals surface area contributed by atoms with Gasteiger partial charge in [0.1, 0.15) is 0 Å². The molecule has 1 amide bonds. The first-order chi connectivity index (χ1) is 13.2. The number of nitrogens with one attached hydrogen (secondary N) is 3. The lowest BCUT2D eigenvalue weighted by atomic mass is 10.1. The molecule has 2 rings (SSSR count). The van der Waals surface area contributed by atoms with Gasteiger partial charge in [-0.3, -0.25) is 9.79 Å². The first kappa shape index (κ1) is 20.5. The number of rotatable bonds is 9. The van der Waals surface area contributed by atoms with Crippen LogP contribution >= 0.6 is 0 Å². The molecule has 2 aromatic rings. The Kier molecular flexibility index (Phi) is 8.90. The van der Waals surface area contributed by atoms with Gasteiger partial charge in [0.25, 0.3) is 0 Å². The van der Waals surface area contributed by atoms with Crippen LogP contribution in [0.4, 0.5) is 5.69 Å². The van der Waals surface area contributed by atoms with E-state index in [9.17, 15) is 4.79 Å². The third kappa shape index (κ3) is 8.40. The van der Waals surface area contributed by atoms with Crippen LogP contribution in [0.25, 0.3) is 0 Å². The predicted molar refractivity (Wildman–Crippen MR) is 113 cm³/mol. The lowest BCUT2D eigenvalue weighted by Gasteiger charge is -2.11. The summed E-state index contributed by atoms with van der Waals surface area (Å²) in [5.41, 5.74) is 3.40. The summed E-state index contributed by atoms with van der Waals surface area (Å²) in [4.78, 5) is 15.7. The Morgan fingerprint density at radius 1 is 0.926 bits per heavy atom. The molecule has 0 spiro atoms. The summed E-state index contributed by atoms with van der Waals surface area (Å²) in [5.74, 6) is 0.809. The smallest absolute Gasteiger partial charge is 0.221 e. The van der Waals surface area contributed by atoms with Crippen molar-refractivity contribution in [3.8, 4) is 0 Å². The van der Waals surface area contributed by atoms with E-state index in [0.717, 1.165) is 50.5 Å². The highest BCUT2D eigenvalue weighted by molar-refractivity contribution is 5.88. The SMILES string of the molecule is CCNC(=NCCCc1ccccc1)NCCc1ccc(NC(C)=O)cc1. The lowest BCUT2D eigenvalue weighted by molar-refractivity contribution is -0.114. The summed E-state index contributed by atoms with van der Waals surface area (Å²) in [6.45, 7) is 6.04. The van der Waals surface area contributed by atoms with Crippen LogP contribution in [0.2, 0.25) is 0 Å². The van der Waals surface area contributed by atoms with Crippen LogP contribution in [0.1, 0.15) is 31.4 Å². The normalized spacial score (nSPS) is 11.1. The maximum absolute atomic E-state index is 11.1. The standard InChI is InChI=1S/C22H30N4O/c1-3-23-22(24-16-7-10-19-8-5-4-6-9-19)25-17-15-20-11-13-21(14-12-20)26-18(2)27/h4-6,8-9,11-14H,3,7,10,15-17H2,1-2H3,(H,26,27)(H2,23,24,25). The van der Waals surface area contributed by atoms with Crippen LogP contribution in [0.5, 0.6) is 0 Å². The number of benzene rings is 2. The molecule has 27 heavy (non-hydrogen) atoms. The topological polar surface area (TPSA) is 65.5 Å². The molecule has 3 N–H and O–H groups in total. The minimum Gasteiger partial charge on any atom is -0.357 e. The molecule has 0 aliphatic heterocycles. The molecule has 0 bridgehead atoms. The van der Waals surface area contributed by atoms with Crippen molar-refractivity contribution in [1.82, 2.24) is 10.6 Å². The van der Waals surface area contributed by atoms with E-state index in [-0.39, 0.29) is 5.91 Å². The van der Waals surface area contributed by atoms with Crippen molar-refractivity contribution in [3.63, 3.8) is 0 Å². The van der Waals surface area contributed by atoms with Crippen molar-refractivity contribution >= 4 is 17.6 Å². The minimum atomic E-state index is -0.0526. The van der Waals surface area contributed by atoms with E-state index in [1.165, 1.54) is 18.1 Å². The monoisotopic (exact) mass is 366 g/mol. The van der Waals surface area contributed by atoms with E-state index in [2.05, 4.69) is 52.1 Å². The molecule has 0 fully saturated rings. The molecule has 2 aromatic carbocycles. The third-order valence-corrected chi connectivity index (χ3v) is 4.06.